The minimum absolute atomic E-state index is 0.0861. The van der Waals surface area contributed by atoms with Crippen LogP contribution in [0.4, 0.5) is 0 Å². The van der Waals surface area contributed by atoms with E-state index in [9.17, 15) is 10.1 Å². The van der Waals surface area contributed by atoms with Crippen molar-refractivity contribution < 1.29 is 4.79 Å². The summed E-state index contributed by atoms with van der Waals surface area (Å²) in [5, 5.41) is 18.8. The van der Waals surface area contributed by atoms with Gasteiger partial charge in [0, 0.05) is 32.1 Å². The number of benzene rings is 3. The van der Waals surface area contributed by atoms with E-state index < -0.39 is 17.4 Å². The Morgan fingerprint density at radius 2 is 1.76 bits per heavy atom. The topological polar surface area (TPSA) is 64.9 Å². The van der Waals surface area contributed by atoms with Gasteiger partial charge < -0.3 is 10.6 Å². The number of hydrogen-bond donors (Lipinski definition) is 2. The smallest absolute Gasteiger partial charge is 0.238 e. The van der Waals surface area contributed by atoms with E-state index in [0.717, 1.165) is 20.3 Å². The van der Waals surface area contributed by atoms with Crippen LogP contribution in [0, 0.1) is 20.3 Å². The molecule has 0 aromatic heterocycles. The van der Waals surface area contributed by atoms with Crippen molar-refractivity contribution in [1.29, 1.82) is 5.26 Å². The van der Waals surface area contributed by atoms with Crippen molar-refractivity contribution in [1.82, 2.24) is 10.6 Å². The Kier molecular flexibility index (Phi) is 8.55. The highest BCUT2D eigenvalue weighted by atomic mass is 127. The Hall–Kier alpha value is -2.11. The number of nitriles is 1. The van der Waals surface area contributed by atoms with Crippen LogP contribution in [0.5, 0.6) is 0 Å². The summed E-state index contributed by atoms with van der Waals surface area (Å²) >= 11 is 14.9. The molecule has 37 heavy (non-hydrogen) atoms. The second kappa shape index (κ2) is 11.3. The van der Waals surface area contributed by atoms with Gasteiger partial charge in [0.2, 0.25) is 5.91 Å². The highest BCUT2D eigenvalue weighted by molar-refractivity contribution is 14.1. The van der Waals surface area contributed by atoms with Gasteiger partial charge >= 0.3 is 0 Å². The van der Waals surface area contributed by atoms with Crippen molar-refractivity contribution in [2.24, 2.45) is 5.41 Å². The normalized spacial score (nSPS) is 23.4. The first kappa shape index (κ1) is 27.9. The van der Waals surface area contributed by atoms with Crippen LogP contribution >= 0.6 is 45.8 Å². The van der Waals surface area contributed by atoms with Crippen molar-refractivity contribution in [2.45, 2.75) is 57.2 Å². The summed E-state index contributed by atoms with van der Waals surface area (Å²) in [4.78, 5) is 13.8. The van der Waals surface area contributed by atoms with E-state index in [4.69, 9.17) is 23.2 Å². The molecule has 3 aromatic rings. The number of nitrogens with zero attached hydrogens (tertiary/aromatic N) is 1. The Morgan fingerprint density at radius 1 is 1.05 bits per heavy atom. The molecule has 7 heteroatoms. The Bertz CT molecular complexity index is 1320. The molecule has 4 atom stereocenters. The molecule has 1 fully saturated rings. The summed E-state index contributed by atoms with van der Waals surface area (Å²) in [6.45, 7) is 6.85. The van der Waals surface area contributed by atoms with Crippen molar-refractivity contribution in [2.75, 3.05) is 0 Å². The lowest BCUT2D eigenvalue weighted by atomic mass is 9.63. The average molecular weight is 646 g/mol. The zero-order chi connectivity index (χ0) is 26.8. The summed E-state index contributed by atoms with van der Waals surface area (Å²) in [6, 6.07) is 24.8. The van der Waals surface area contributed by atoms with Gasteiger partial charge in [0.25, 0.3) is 0 Å². The van der Waals surface area contributed by atoms with E-state index in [1.54, 1.807) is 0 Å². The van der Waals surface area contributed by atoms with Gasteiger partial charge in [0.1, 0.15) is 5.41 Å². The highest BCUT2D eigenvalue weighted by Crippen LogP contribution is 2.51. The fourth-order valence-electron chi connectivity index (χ4n) is 5.40. The third kappa shape index (κ3) is 6.15. The number of carbonyl (C=O) groups excluding carboxylic acids is 1. The molecule has 1 amide bonds. The second-order valence-corrected chi connectivity index (χ2v) is 12.9. The molecule has 1 aliphatic rings. The van der Waals surface area contributed by atoms with E-state index in [1.165, 1.54) is 0 Å². The summed E-state index contributed by atoms with van der Waals surface area (Å²) in [6.07, 6.45) is 0.695. The van der Waals surface area contributed by atoms with Crippen LogP contribution in [-0.4, -0.2) is 18.0 Å². The number of halogens is 3. The minimum atomic E-state index is -1.02. The van der Waals surface area contributed by atoms with E-state index in [0.29, 0.717) is 23.0 Å². The molecule has 4 nitrogen and oxygen atoms in total. The lowest BCUT2D eigenvalue weighted by Crippen LogP contribution is -2.45. The number of amides is 1. The largest absolute Gasteiger partial charge is 0.351 e. The molecular formula is C30H30Cl2IN3O. The lowest BCUT2D eigenvalue weighted by Gasteiger charge is -2.37. The maximum absolute atomic E-state index is 13.8. The SMILES string of the molecule is CC(C)(C)C[C@@H]1N[C@@H](C(=O)NCc2cccc(I)c2)[C@H](c2cccc(Cl)c2)[C@@]1(C#N)c1ccc(Cl)cc1. The average Bonchev–Trinajstić information content (AvgIpc) is 3.16. The van der Waals surface area contributed by atoms with Gasteiger partial charge in [0.15, 0.2) is 0 Å². The van der Waals surface area contributed by atoms with Crippen LogP contribution in [0.3, 0.4) is 0 Å². The molecular weight excluding hydrogens is 616 g/mol. The predicted octanol–water partition coefficient (Wildman–Crippen LogP) is 7.24. The Labute approximate surface area is 242 Å². The van der Waals surface area contributed by atoms with Gasteiger partial charge in [-0.05, 0) is 87.5 Å². The third-order valence-corrected chi connectivity index (χ3v) is 8.08. The third-order valence-electron chi connectivity index (χ3n) is 6.92. The molecule has 0 unspecified atom stereocenters. The summed E-state index contributed by atoms with van der Waals surface area (Å²) < 4.78 is 1.11. The molecule has 192 valence electrons. The first-order valence-electron chi connectivity index (χ1n) is 12.2. The van der Waals surface area contributed by atoms with Crippen LogP contribution in [0.2, 0.25) is 10.0 Å². The molecule has 0 spiro atoms. The maximum Gasteiger partial charge on any atom is 0.238 e. The van der Waals surface area contributed by atoms with Crippen molar-refractivity contribution in [3.8, 4) is 6.07 Å². The van der Waals surface area contributed by atoms with E-state index >= 15 is 0 Å². The van der Waals surface area contributed by atoms with Gasteiger partial charge in [0.05, 0.1) is 12.1 Å². The van der Waals surface area contributed by atoms with Crippen LogP contribution in [0.1, 0.15) is 49.8 Å². The molecule has 2 N–H and O–H groups in total. The summed E-state index contributed by atoms with van der Waals surface area (Å²) in [7, 11) is 0. The molecule has 1 saturated heterocycles. The zero-order valence-electron chi connectivity index (χ0n) is 21.1. The monoisotopic (exact) mass is 645 g/mol. The molecule has 3 aromatic carbocycles. The second-order valence-electron chi connectivity index (χ2n) is 10.8. The molecule has 1 heterocycles. The first-order valence-corrected chi connectivity index (χ1v) is 14.1. The molecule has 0 radical (unpaired) electrons. The van der Waals surface area contributed by atoms with E-state index in [2.05, 4.69) is 60.1 Å². The standard InChI is InChI=1S/C30H30Cl2IN3O/c1-29(2,3)16-25-30(18-34,21-10-12-22(31)13-11-21)26(20-7-5-8-23(32)15-20)27(36-25)28(37)35-17-19-6-4-9-24(33)14-19/h4-15,25-27,36H,16-17H2,1-3H3,(H,35,37)/t25-,26-,27+,30-/m0/s1. The number of hydrogen-bond acceptors (Lipinski definition) is 3. The Morgan fingerprint density at radius 3 is 2.38 bits per heavy atom. The van der Waals surface area contributed by atoms with Crippen LogP contribution in [-0.2, 0) is 16.8 Å². The summed E-state index contributed by atoms with van der Waals surface area (Å²) in [5.74, 6) is -0.616. The molecule has 0 bridgehead atoms. The van der Waals surface area contributed by atoms with Gasteiger partial charge in [-0.3, -0.25) is 4.79 Å². The first-order chi connectivity index (χ1) is 17.5. The number of rotatable bonds is 6. The van der Waals surface area contributed by atoms with Crippen LogP contribution in [0.25, 0.3) is 0 Å². The van der Waals surface area contributed by atoms with E-state index in [1.807, 2.05) is 72.8 Å². The van der Waals surface area contributed by atoms with Crippen LogP contribution < -0.4 is 10.6 Å². The summed E-state index contributed by atoms with van der Waals surface area (Å²) in [5.41, 5.74) is 1.60. The van der Waals surface area contributed by atoms with Gasteiger partial charge in [-0.15, -0.1) is 0 Å². The van der Waals surface area contributed by atoms with Crippen molar-refractivity contribution in [3.63, 3.8) is 0 Å². The van der Waals surface area contributed by atoms with Gasteiger partial charge in [-0.25, -0.2) is 0 Å². The fourth-order valence-corrected chi connectivity index (χ4v) is 6.34. The predicted molar refractivity (Wildman–Crippen MR) is 159 cm³/mol. The maximum atomic E-state index is 13.8. The van der Waals surface area contributed by atoms with Crippen molar-refractivity contribution in [3.05, 3.63) is 103 Å². The quantitative estimate of drug-likeness (QED) is 0.278. The molecule has 4 rings (SSSR count). The van der Waals surface area contributed by atoms with Crippen molar-refractivity contribution >= 4 is 51.7 Å². The number of nitrogens with one attached hydrogen (secondary N) is 2. The molecule has 1 aliphatic heterocycles. The minimum Gasteiger partial charge on any atom is -0.351 e. The zero-order valence-corrected chi connectivity index (χ0v) is 24.7. The van der Waals surface area contributed by atoms with Crippen LogP contribution in [0.15, 0.2) is 72.8 Å². The van der Waals surface area contributed by atoms with E-state index in [-0.39, 0.29) is 17.4 Å². The lowest BCUT2D eigenvalue weighted by molar-refractivity contribution is -0.123. The Balaban J connectivity index is 1.82. The number of carbonyl (C=O) groups is 1. The highest BCUT2D eigenvalue weighted by Gasteiger charge is 2.59. The molecule has 0 saturated carbocycles. The van der Waals surface area contributed by atoms with Gasteiger partial charge in [-0.2, -0.15) is 5.26 Å². The molecule has 0 aliphatic carbocycles. The van der Waals surface area contributed by atoms with Gasteiger partial charge in [-0.1, -0.05) is 80.4 Å². The fraction of sp³-hybridized carbons (Fsp3) is 0.333.